The Balaban J connectivity index is 2.13. The van der Waals surface area contributed by atoms with Crippen LogP contribution < -0.4 is 4.74 Å². The highest BCUT2D eigenvalue weighted by Gasteiger charge is 2.23. The van der Waals surface area contributed by atoms with Crippen LogP contribution in [0.5, 0.6) is 5.75 Å². The topological polar surface area (TPSA) is 59.4 Å². The minimum absolute atomic E-state index is 0.468. The lowest BCUT2D eigenvalue weighted by atomic mass is 10.1. The first-order chi connectivity index (χ1) is 11.6. The van der Waals surface area contributed by atoms with Gasteiger partial charge < -0.3 is 9.84 Å². The highest BCUT2D eigenvalue weighted by Crippen LogP contribution is 2.40. The molecule has 0 saturated heterocycles. The second kappa shape index (κ2) is 7.07. The van der Waals surface area contributed by atoms with Gasteiger partial charge in [-0.1, -0.05) is 30.3 Å². The van der Waals surface area contributed by atoms with E-state index in [0.29, 0.717) is 5.01 Å². The quantitative estimate of drug-likeness (QED) is 0.658. The van der Waals surface area contributed by atoms with Crippen LogP contribution in [0.1, 0.15) is 10.3 Å². The van der Waals surface area contributed by atoms with Crippen molar-refractivity contribution in [2.75, 3.05) is 7.11 Å². The predicted octanol–water partition coefficient (Wildman–Crippen LogP) is 4.54. The zero-order chi connectivity index (χ0) is 17.1. The van der Waals surface area contributed by atoms with E-state index in [-0.39, 0.29) is 0 Å². The third-order valence-corrected chi connectivity index (χ3v) is 5.32. The molecule has 0 spiro atoms. The lowest BCUT2D eigenvalue weighted by Crippen LogP contribution is -2.04. The molecule has 0 saturated carbocycles. The molecule has 24 heavy (non-hydrogen) atoms. The molecular formula is C18H15NO3S2. The summed E-state index contributed by atoms with van der Waals surface area (Å²) in [6, 6.07) is 17.4. The Labute approximate surface area is 149 Å². The summed E-state index contributed by atoms with van der Waals surface area (Å²) in [4.78, 5) is 16.7. The number of ether oxygens (including phenoxy) is 1. The zero-order valence-corrected chi connectivity index (χ0v) is 14.6. The molecule has 122 valence electrons. The highest BCUT2D eigenvalue weighted by atomic mass is 32.1. The summed E-state index contributed by atoms with van der Waals surface area (Å²) in [5.41, 5.74) is 2.66. The number of aliphatic carboxylic acids is 1. The second-order valence-corrected chi connectivity index (χ2v) is 6.61. The smallest absolute Gasteiger partial charge is 0.323 e. The lowest BCUT2D eigenvalue weighted by molar-refractivity contribution is -0.136. The Kier molecular flexibility index (Phi) is 4.87. The van der Waals surface area contributed by atoms with Gasteiger partial charge in [-0.3, -0.25) is 4.79 Å². The number of thiazole rings is 1. The van der Waals surface area contributed by atoms with E-state index in [1.54, 1.807) is 7.11 Å². The number of hydrogen-bond donors (Lipinski definition) is 2. The first kappa shape index (κ1) is 16.5. The van der Waals surface area contributed by atoms with Gasteiger partial charge in [0.15, 0.2) is 5.25 Å². The zero-order valence-electron chi connectivity index (χ0n) is 12.8. The molecule has 1 N–H and O–H groups in total. The standard InChI is InChI=1S/C18H15NO3S2/c1-22-13-9-7-11(8-10-13)14-16(12-5-3-2-4-6-12)24-17(19-14)15(23)18(20)21/h2-10,15,23H,1H3,(H,20,21). The first-order valence-corrected chi connectivity index (χ1v) is 8.55. The van der Waals surface area contributed by atoms with Gasteiger partial charge in [0.25, 0.3) is 0 Å². The van der Waals surface area contributed by atoms with Crippen LogP contribution in [0.2, 0.25) is 0 Å². The van der Waals surface area contributed by atoms with Crippen molar-refractivity contribution in [1.29, 1.82) is 0 Å². The number of aromatic nitrogens is 1. The summed E-state index contributed by atoms with van der Waals surface area (Å²) in [5, 5.41) is 8.75. The molecule has 0 bridgehead atoms. The van der Waals surface area contributed by atoms with Crippen LogP contribution in [-0.4, -0.2) is 23.2 Å². The van der Waals surface area contributed by atoms with Crippen molar-refractivity contribution >= 4 is 29.9 Å². The number of carbonyl (C=O) groups is 1. The van der Waals surface area contributed by atoms with Gasteiger partial charge in [0.1, 0.15) is 10.8 Å². The molecule has 3 rings (SSSR count). The van der Waals surface area contributed by atoms with Gasteiger partial charge in [-0.05, 0) is 29.8 Å². The second-order valence-electron chi connectivity index (χ2n) is 5.07. The number of carboxylic acids is 1. The molecule has 0 amide bonds. The SMILES string of the molecule is COc1ccc(-c2nc(C(S)C(=O)O)sc2-c2ccccc2)cc1. The average molecular weight is 357 g/mol. The summed E-state index contributed by atoms with van der Waals surface area (Å²) in [6.07, 6.45) is 0. The molecule has 3 aromatic rings. The van der Waals surface area contributed by atoms with Crippen LogP contribution in [0.15, 0.2) is 54.6 Å². The number of hydrogen-bond acceptors (Lipinski definition) is 5. The Hall–Kier alpha value is -2.31. The molecule has 2 aromatic carbocycles. The van der Waals surface area contributed by atoms with E-state index in [2.05, 4.69) is 17.6 Å². The number of nitrogens with zero attached hydrogens (tertiary/aromatic N) is 1. The summed E-state index contributed by atoms with van der Waals surface area (Å²) in [5.74, 6) is -0.249. The number of benzene rings is 2. The first-order valence-electron chi connectivity index (χ1n) is 7.21. The summed E-state index contributed by atoms with van der Waals surface area (Å²) >= 11 is 5.51. The van der Waals surface area contributed by atoms with Crippen LogP contribution in [-0.2, 0) is 4.79 Å². The maximum absolute atomic E-state index is 11.3. The van der Waals surface area contributed by atoms with Crippen molar-refractivity contribution in [2.24, 2.45) is 0 Å². The molecule has 0 aliphatic rings. The molecule has 6 heteroatoms. The van der Waals surface area contributed by atoms with Gasteiger partial charge in [-0.25, -0.2) is 4.98 Å². The van der Waals surface area contributed by atoms with Gasteiger partial charge in [-0.2, -0.15) is 12.6 Å². The molecule has 1 unspecified atom stereocenters. The van der Waals surface area contributed by atoms with Crippen LogP contribution in [0.4, 0.5) is 0 Å². The molecule has 1 heterocycles. The monoisotopic (exact) mass is 357 g/mol. The van der Waals surface area contributed by atoms with E-state index in [1.807, 2.05) is 54.6 Å². The van der Waals surface area contributed by atoms with E-state index in [0.717, 1.165) is 27.4 Å². The normalized spacial score (nSPS) is 11.9. The largest absolute Gasteiger partial charge is 0.497 e. The van der Waals surface area contributed by atoms with E-state index < -0.39 is 11.2 Å². The molecular weight excluding hydrogens is 342 g/mol. The Bertz CT molecular complexity index is 844. The summed E-state index contributed by atoms with van der Waals surface area (Å²) in [7, 11) is 1.61. The van der Waals surface area contributed by atoms with E-state index in [9.17, 15) is 9.90 Å². The summed E-state index contributed by atoms with van der Waals surface area (Å²) in [6.45, 7) is 0. The number of carboxylic acid groups (broad SMARTS) is 1. The van der Waals surface area contributed by atoms with Gasteiger partial charge >= 0.3 is 5.97 Å². The van der Waals surface area contributed by atoms with Crippen molar-refractivity contribution in [2.45, 2.75) is 5.25 Å². The van der Waals surface area contributed by atoms with E-state index in [1.165, 1.54) is 11.3 Å². The van der Waals surface area contributed by atoms with E-state index >= 15 is 0 Å². The van der Waals surface area contributed by atoms with Gasteiger partial charge in [0.2, 0.25) is 0 Å². The van der Waals surface area contributed by atoms with Gasteiger partial charge in [0, 0.05) is 5.56 Å². The van der Waals surface area contributed by atoms with Gasteiger partial charge in [0.05, 0.1) is 17.7 Å². The van der Waals surface area contributed by atoms with Crippen LogP contribution in [0.3, 0.4) is 0 Å². The number of methoxy groups -OCH3 is 1. The van der Waals surface area contributed by atoms with Crippen LogP contribution in [0, 0.1) is 0 Å². The van der Waals surface area contributed by atoms with Crippen molar-refractivity contribution in [3.8, 4) is 27.4 Å². The van der Waals surface area contributed by atoms with Crippen LogP contribution >= 0.6 is 24.0 Å². The molecule has 4 nitrogen and oxygen atoms in total. The van der Waals surface area contributed by atoms with Gasteiger partial charge in [-0.15, -0.1) is 11.3 Å². The molecule has 1 aromatic heterocycles. The lowest BCUT2D eigenvalue weighted by Gasteiger charge is -2.04. The number of rotatable bonds is 5. The van der Waals surface area contributed by atoms with Crippen molar-refractivity contribution < 1.29 is 14.6 Å². The Morgan fingerprint density at radius 2 is 1.79 bits per heavy atom. The fraction of sp³-hybridized carbons (Fsp3) is 0.111. The Morgan fingerprint density at radius 1 is 1.12 bits per heavy atom. The van der Waals surface area contributed by atoms with Crippen molar-refractivity contribution in [3.05, 3.63) is 59.6 Å². The fourth-order valence-electron chi connectivity index (χ4n) is 2.29. The molecule has 1 atom stereocenters. The fourth-order valence-corrected chi connectivity index (χ4v) is 3.58. The number of thiol groups is 1. The molecule has 0 radical (unpaired) electrons. The third-order valence-electron chi connectivity index (χ3n) is 3.51. The molecule has 0 aliphatic heterocycles. The highest BCUT2D eigenvalue weighted by molar-refractivity contribution is 7.81. The Morgan fingerprint density at radius 3 is 2.38 bits per heavy atom. The maximum atomic E-state index is 11.3. The van der Waals surface area contributed by atoms with Crippen molar-refractivity contribution in [3.63, 3.8) is 0 Å². The molecule has 0 aliphatic carbocycles. The summed E-state index contributed by atoms with van der Waals surface area (Å²) < 4.78 is 5.19. The predicted molar refractivity (Wildman–Crippen MR) is 98.9 cm³/mol. The third kappa shape index (κ3) is 3.29. The molecule has 0 fully saturated rings. The average Bonchev–Trinajstić information content (AvgIpc) is 3.07. The van der Waals surface area contributed by atoms with Crippen LogP contribution in [0.25, 0.3) is 21.7 Å². The van der Waals surface area contributed by atoms with E-state index in [4.69, 9.17) is 4.74 Å². The minimum atomic E-state index is -1.01. The minimum Gasteiger partial charge on any atom is -0.497 e. The van der Waals surface area contributed by atoms with Crippen molar-refractivity contribution in [1.82, 2.24) is 4.98 Å². The maximum Gasteiger partial charge on any atom is 0.323 e.